The van der Waals surface area contributed by atoms with Crippen molar-refractivity contribution in [3.05, 3.63) is 582 Å². The van der Waals surface area contributed by atoms with Crippen LogP contribution in [0.1, 0.15) is 0 Å². The zero-order valence-electron chi connectivity index (χ0n) is 82.1. The van der Waals surface area contributed by atoms with Crippen molar-refractivity contribution in [3.63, 3.8) is 0 Å². The van der Waals surface area contributed by atoms with Crippen LogP contribution in [0.3, 0.4) is 0 Å². The normalized spacial score (nSPS) is 11.6. The number of hydrogen-bond acceptors (Lipinski definition) is 0. The summed E-state index contributed by atoms with van der Waals surface area (Å²) in [5.41, 5.74) is 43.3. The Morgan fingerprint density at radius 2 is 0.273 bits per heavy atom. The van der Waals surface area contributed by atoms with E-state index in [2.05, 4.69) is 610 Å². The number of rotatable bonds is 15. The summed E-state index contributed by atoms with van der Waals surface area (Å²) in [7, 11) is 0. The van der Waals surface area contributed by atoms with Gasteiger partial charge in [-0.3, -0.25) is 0 Å². The van der Waals surface area contributed by atoms with Crippen molar-refractivity contribution in [2.24, 2.45) is 0 Å². The largest absolute Gasteiger partial charge is 0.309 e. The topological polar surface area (TPSA) is 29.6 Å². The molecule has 30 aromatic rings. The molecule has 0 spiro atoms. The fourth-order valence-electron chi connectivity index (χ4n) is 23.4. The van der Waals surface area contributed by atoms with Crippen LogP contribution in [0.15, 0.2) is 582 Å². The van der Waals surface area contributed by atoms with Gasteiger partial charge in [-0.2, -0.15) is 0 Å². The molecule has 0 saturated carbocycles. The van der Waals surface area contributed by atoms with E-state index in [1.54, 1.807) is 0 Å². The van der Waals surface area contributed by atoms with Crippen molar-refractivity contribution in [1.82, 2.24) is 27.4 Å². The van der Waals surface area contributed by atoms with E-state index < -0.39 is 0 Å². The lowest BCUT2D eigenvalue weighted by Crippen LogP contribution is -1.96. The summed E-state index contributed by atoms with van der Waals surface area (Å²) < 4.78 is 14.5. The molecule has 6 aromatic heterocycles. The van der Waals surface area contributed by atoms with Gasteiger partial charge in [0.2, 0.25) is 0 Å². The van der Waals surface area contributed by atoms with Crippen molar-refractivity contribution < 1.29 is 0 Å². The number of aromatic nitrogens is 6. The summed E-state index contributed by atoms with van der Waals surface area (Å²) in [6.45, 7) is 0. The van der Waals surface area contributed by atoms with Crippen LogP contribution >= 0.6 is 0 Å². The Morgan fingerprint density at radius 1 is 0.0867 bits per heavy atom. The maximum absolute atomic E-state index is 2.45. The van der Waals surface area contributed by atoms with E-state index in [0.29, 0.717) is 0 Å². The maximum atomic E-state index is 2.45. The monoisotopic (exact) mass is 1910 g/mol. The van der Waals surface area contributed by atoms with Crippen LogP contribution in [0.4, 0.5) is 0 Å². The molecule has 702 valence electrons. The summed E-state index contributed by atoms with van der Waals surface area (Å²) >= 11 is 0. The zero-order chi connectivity index (χ0) is 99.1. The summed E-state index contributed by atoms with van der Waals surface area (Å²) in [6, 6.07) is 211. The van der Waals surface area contributed by atoms with Gasteiger partial charge in [-0.15, -0.1) is 0 Å². The molecule has 0 N–H and O–H groups in total. The van der Waals surface area contributed by atoms with E-state index in [-0.39, 0.29) is 0 Å². The van der Waals surface area contributed by atoms with Crippen molar-refractivity contribution in [2.45, 2.75) is 0 Å². The molecular weight excluding hydrogens is 1810 g/mol. The number of benzene rings is 24. The van der Waals surface area contributed by atoms with Gasteiger partial charge >= 0.3 is 0 Å². The highest BCUT2D eigenvalue weighted by molar-refractivity contribution is 6.19. The van der Waals surface area contributed by atoms with Gasteiger partial charge in [0.25, 0.3) is 0 Å². The van der Waals surface area contributed by atoms with Crippen LogP contribution in [0.2, 0.25) is 0 Å². The Morgan fingerprint density at radius 3 is 0.560 bits per heavy atom. The fourth-order valence-corrected chi connectivity index (χ4v) is 23.4. The van der Waals surface area contributed by atoms with Crippen LogP contribution in [-0.2, 0) is 0 Å². The zero-order valence-corrected chi connectivity index (χ0v) is 82.1. The molecule has 6 heteroatoms. The van der Waals surface area contributed by atoms with E-state index >= 15 is 0 Å². The summed E-state index contributed by atoms with van der Waals surface area (Å²) in [6.07, 6.45) is 0. The Labute approximate surface area is 868 Å². The Hall–Kier alpha value is -19.9. The first-order valence-corrected chi connectivity index (χ1v) is 51.6. The highest BCUT2D eigenvalue weighted by Gasteiger charge is 2.25. The summed E-state index contributed by atoms with van der Waals surface area (Å²) in [5, 5.41) is 15.0. The molecular formula is C144H96N6. The second-order valence-corrected chi connectivity index (χ2v) is 38.9. The van der Waals surface area contributed by atoms with Gasteiger partial charge in [0.05, 0.1) is 66.2 Å². The average molecular weight is 1910 g/mol. The smallest absolute Gasteiger partial charge is 0.0619 e. The lowest BCUT2D eigenvalue weighted by Gasteiger charge is -2.14. The first-order chi connectivity index (χ1) is 74.4. The highest BCUT2D eigenvalue weighted by Crippen LogP contribution is 2.48. The predicted octanol–water partition coefficient (Wildman–Crippen LogP) is 38.6. The molecule has 6 heterocycles. The first kappa shape index (κ1) is 87.8. The quantitative estimate of drug-likeness (QED) is 0.0979. The lowest BCUT2D eigenvalue weighted by molar-refractivity contribution is 1.18. The molecule has 0 bridgehead atoms. The molecule has 6 nitrogen and oxygen atoms in total. The lowest BCUT2D eigenvalue weighted by atomic mass is 9.98. The van der Waals surface area contributed by atoms with Crippen molar-refractivity contribution >= 4 is 131 Å². The molecule has 0 aliphatic rings. The standard InChI is InChI=1S/3C48H32N2/c1-4-14-33(15-5-1)37-28-38(34-16-6-2-7-17-34)30-40(29-37)50-46-23-13-11-21-42(46)44-32-36(25-27-48(44)50)35-24-26-47-43(31-35)41-20-10-12-22-45(41)49(47)39-18-8-3-9-19-39;1-4-13-33(14-5-1)34-23-27-39(28-24-34)49-45-22-11-10-19-41(45)43-31-36(25-29-46(43)49)37-26-30-47-44(32-37)42-21-12-20-40(35-15-6-2-7-16-35)48(42)50(47)38-17-8-3-9-18-38;1-4-13-33(14-5-1)34-23-27-39(28-24-34)50-47-30-26-37(32-44(47)42-21-12-20-40(48(42)50)35-15-6-2-7-16-35)36-25-29-46-43(31-36)41-19-10-11-22-45(41)49(46)38-17-8-3-9-18-38/h3*1-32H. The van der Waals surface area contributed by atoms with E-state index in [4.69, 9.17) is 0 Å². The van der Waals surface area contributed by atoms with Crippen LogP contribution in [0.5, 0.6) is 0 Å². The minimum Gasteiger partial charge on any atom is -0.309 e. The number of hydrogen-bond donors (Lipinski definition) is 0. The minimum atomic E-state index is 1.15. The van der Waals surface area contributed by atoms with Gasteiger partial charge in [-0.1, -0.05) is 406 Å². The van der Waals surface area contributed by atoms with Gasteiger partial charge in [0.1, 0.15) is 0 Å². The third kappa shape index (κ3) is 15.4. The van der Waals surface area contributed by atoms with E-state index in [9.17, 15) is 0 Å². The predicted molar refractivity (Wildman–Crippen MR) is 634 cm³/mol. The molecule has 0 aliphatic carbocycles. The molecule has 0 saturated heterocycles. The van der Waals surface area contributed by atoms with Crippen LogP contribution < -0.4 is 0 Å². The average Bonchev–Trinajstić information content (AvgIpc) is 1.57. The molecule has 0 unspecified atom stereocenters. The van der Waals surface area contributed by atoms with Gasteiger partial charge < -0.3 is 27.4 Å². The molecule has 0 amide bonds. The van der Waals surface area contributed by atoms with Crippen molar-refractivity contribution in [1.29, 1.82) is 0 Å². The third-order valence-corrected chi connectivity index (χ3v) is 30.3. The highest BCUT2D eigenvalue weighted by atomic mass is 15.0. The Balaban J connectivity index is 0.000000108. The maximum Gasteiger partial charge on any atom is 0.0619 e. The van der Waals surface area contributed by atoms with Crippen molar-refractivity contribution in [3.8, 4) is 134 Å². The first-order valence-electron chi connectivity index (χ1n) is 51.6. The van der Waals surface area contributed by atoms with Gasteiger partial charge in [0.15, 0.2) is 0 Å². The second kappa shape index (κ2) is 37.4. The number of nitrogens with zero attached hydrogens (tertiary/aromatic N) is 6. The Bertz CT molecular complexity index is 10300. The summed E-state index contributed by atoms with van der Waals surface area (Å²) in [4.78, 5) is 0. The fraction of sp³-hybridized carbons (Fsp3) is 0. The van der Waals surface area contributed by atoms with Crippen LogP contribution in [0, 0.1) is 0 Å². The number of para-hydroxylation sites is 9. The van der Waals surface area contributed by atoms with E-state index in [1.165, 1.54) is 242 Å². The SMILES string of the molecule is c1ccc(-c2cc(-c3ccccc3)cc(-n3c4ccccc4c4cc(-c5ccc6c(c5)c5ccccc5n6-c5ccccc5)ccc43)c2)cc1.c1ccc(-c2ccc(-n3c4ccc(-c5ccc6c(c5)c5ccccc5n6-c5ccccc5)cc4c4cccc(-c5ccccc5)c43)cc2)cc1.c1ccc(-c2ccc(-n3c4ccccc4c4cc(-c5ccc6c(c5)c5cccc(-c7ccccc7)c5n6-c5ccccc5)ccc43)cc2)cc1. The Kier molecular flexibility index (Phi) is 21.9. The molecule has 0 atom stereocenters. The minimum absolute atomic E-state index is 1.15. The molecule has 30 rings (SSSR count). The van der Waals surface area contributed by atoms with Crippen LogP contribution in [-0.4, -0.2) is 27.4 Å². The summed E-state index contributed by atoms with van der Waals surface area (Å²) in [5.74, 6) is 0. The van der Waals surface area contributed by atoms with Gasteiger partial charge in [-0.05, 0) is 265 Å². The van der Waals surface area contributed by atoms with E-state index in [0.717, 1.165) is 22.7 Å². The van der Waals surface area contributed by atoms with Crippen molar-refractivity contribution in [2.75, 3.05) is 0 Å². The van der Waals surface area contributed by atoms with Gasteiger partial charge in [-0.25, -0.2) is 0 Å². The van der Waals surface area contributed by atoms with Crippen LogP contribution in [0.25, 0.3) is 265 Å². The molecule has 0 radical (unpaired) electrons. The van der Waals surface area contributed by atoms with E-state index in [1.807, 2.05) is 0 Å². The molecule has 0 fully saturated rings. The number of fused-ring (bicyclic) bond motifs is 18. The second-order valence-electron chi connectivity index (χ2n) is 38.9. The van der Waals surface area contributed by atoms with Gasteiger partial charge in [0, 0.05) is 110 Å². The molecule has 24 aromatic carbocycles. The molecule has 150 heavy (non-hydrogen) atoms. The molecule has 0 aliphatic heterocycles. The third-order valence-electron chi connectivity index (χ3n) is 30.3.